The lowest BCUT2D eigenvalue weighted by Gasteiger charge is -2.09. The van der Waals surface area contributed by atoms with E-state index in [0.717, 1.165) is 28.9 Å². The average molecular weight is 292 g/mol. The average Bonchev–Trinajstić information content (AvgIpc) is 2.56. The highest BCUT2D eigenvalue weighted by Crippen LogP contribution is 2.25. The summed E-state index contributed by atoms with van der Waals surface area (Å²) in [5, 5.41) is 0. The Labute approximate surface area is 130 Å². The number of methoxy groups -OCH3 is 1. The van der Waals surface area contributed by atoms with Crippen LogP contribution in [0.2, 0.25) is 0 Å². The van der Waals surface area contributed by atoms with Gasteiger partial charge in [-0.05, 0) is 40.5 Å². The molecule has 0 heterocycles. The predicted octanol–water partition coefficient (Wildman–Crippen LogP) is 5.09. The Morgan fingerprint density at radius 3 is 2.36 bits per heavy atom. The fourth-order valence-electron chi connectivity index (χ4n) is 2.57. The van der Waals surface area contributed by atoms with Crippen molar-refractivity contribution in [3.05, 3.63) is 89.7 Å². The Bertz CT molecular complexity index is 763. The van der Waals surface area contributed by atoms with Gasteiger partial charge in [0.15, 0.2) is 0 Å². The van der Waals surface area contributed by atoms with Crippen molar-refractivity contribution in [1.29, 1.82) is 0 Å². The lowest BCUT2D eigenvalue weighted by atomic mass is 9.99. The zero-order valence-electron chi connectivity index (χ0n) is 12.4. The first kappa shape index (κ1) is 14.3. The molecule has 0 spiro atoms. The van der Waals surface area contributed by atoms with Crippen LogP contribution >= 0.6 is 0 Å². The van der Waals surface area contributed by atoms with Crippen molar-refractivity contribution in [2.45, 2.75) is 6.42 Å². The van der Waals surface area contributed by atoms with E-state index in [-0.39, 0.29) is 5.82 Å². The van der Waals surface area contributed by atoms with Crippen molar-refractivity contribution in [3.8, 4) is 16.9 Å². The summed E-state index contributed by atoms with van der Waals surface area (Å²) < 4.78 is 18.4. The molecule has 0 N–H and O–H groups in total. The van der Waals surface area contributed by atoms with Crippen molar-refractivity contribution in [3.63, 3.8) is 0 Å². The third-order valence-electron chi connectivity index (χ3n) is 3.69. The van der Waals surface area contributed by atoms with Crippen LogP contribution in [0.15, 0.2) is 72.8 Å². The van der Waals surface area contributed by atoms with Crippen LogP contribution in [-0.2, 0) is 6.42 Å². The van der Waals surface area contributed by atoms with Gasteiger partial charge in [0.2, 0.25) is 0 Å². The van der Waals surface area contributed by atoms with Crippen molar-refractivity contribution in [1.82, 2.24) is 0 Å². The summed E-state index contributed by atoms with van der Waals surface area (Å²) in [5.41, 5.74) is 4.46. The van der Waals surface area contributed by atoms with Gasteiger partial charge in [0.25, 0.3) is 0 Å². The lowest BCUT2D eigenvalue weighted by molar-refractivity contribution is 0.410. The molecular formula is C20H17FO. The molecule has 1 nitrogen and oxygen atoms in total. The minimum Gasteiger partial charge on any atom is -0.496 e. The fourth-order valence-corrected chi connectivity index (χ4v) is 2.57. The number of ether oxygens (including phenoxy) is 1. The maximum absolute atomic E-state index is 13.0. The van der Waals surface area contributed by atoms with Gasteiger partial charge < -0.3 is 4.74 Å². The monoisotopic (exact) mass is 292 g/mol. The van der Waals surface area contributed by atoms with E-state index in [1.807, 2.05) is 30.3 Å². The molecule has 22 heavy (non-hydrogen) atoms. The molecule has 0 saturated heterocycles. The van der Waals surface area contributed by atoms with Gasteiger partial charge in [0.05, 0.1) is 7.11 Å². The largest absolute Gasteiger partial charge is 0.496 e. The molecule has 0 radical (unpaired) electrons. The van der Waals surface area contributed by atoms with E-state index >= 15 is 0 Å². The topological polar surface area (TPSA) is 9.23 Å². The maximum Gasteiger partial charge on any atom is 0.123 e. The quantitative estimate of drug-likeness (QED) is 0.650. The molecular weight excluding hydrogens is 275 g/mol. The van der Waals surface area contributed by atoms with Crippen LogP contribution in [0.25, 0.3) is 11.1 Å². The lowest BCUT2D eigenvalue weighted by Crippen LogP contribution is -1.93. The molecule has 0 saturated carbocycles. The van der Waals surface area contributed by atoms with Crippen LogP contribution in [0.5, 0.6) is 5.75 Å². The first-order valence-corrected chi connectivity index (χ1v) is 7.23. The maximum atomic E-state index is 13.0. The molecule has 0 amide bonds. The Kier molecular flexibility index (Phi) is 4.19. The Morgan fingerprint density at radius 2 is 1.59 bits per heavy atom. The Morgan fingerprint density at radius 1 is 0.818 bits per heavy atom. The second-order valence-electron chi connectivity index (χ2n) is 5.20. The molecule has 3 aromatic rings. The van der Waals surface area contributed by atoms with Crippen LogP contribution in [0.3, 0.4) is 0 Å². The highest BCUT2D eigenvalue weighted by atomic mass is 19.1. The summed E-state index contributed by atoms with van der Waals surface area (Å²) >= 11 is 0. The minimum atomic E-state index is -0.214. The van der Waals surface area contributed by atoms with E-state index in [9.17, 15) is 4.39 Å². The smallest absolute Gasteiger partial charge is 0.123 e. The number of halogens is 1. The van der Waals surface area contributed by atoms with Crippen LogP contribution in [-0.4, -0.2) is 7.11 Å². The third kappa shape index (κ3) is 3.17. The van der Waals surface area contributed by atoms with E-state index in [4.69, 9.17) is 4.74 Å². The summed E-state index contributed by atoms with van der Waals surface area (Å²) in [6, 6.07) is 22.9. The van der Waals surface area contributed by atoms with E-state index in [0.29, 0.717) is 0 Å². The molecule has 0 aromatic heterocycles. The standard InChI is InChI=1S/C20H17FO/c1-22-20-8-3-2-6-18(20)14-15-5-4-7-17(13-15)16-9-11-19(21)12-10-16/h2-13H,14H2,1H3. The second kappa shape index (κ2) is 6.44. The number of para-hydroxylation sites is 1. The Balaban J connectivity index is 1.89. The molecule has 0 aliphatic rings. The van der Waals surface area contributed by atoms with E-state index < -0.39 is 0 Å². The summed E-state index contributed by atoms with van der Waals surface area (Å²) in [5.74, 6) is 0.684. The van der Waals surface area contributed by atoms with Gasteiger partial charge in [-0.1, -0.05) is 54.6 Å². The molecule has 0 fully saturated rings. The summed E-state index contributed by atoms with van der Waals surface area (Å²) in [7, 11) is 1.69. The van der Waals surface area contributed by atoms with Crippen LogP contribution in [0.1, 0.15) is 11.1 Å². The van der Waals surface area contributed by atoms with Crippen molar-refractivity contribution >= 4 is 0 Å². The number of hydrogen-bond acceptors (Lipinski definition) is 1. The number of rotatable bonds is 4. The van der Waals surface area contributed by atoms with Gasteiger partial charge in [-0.25, -0.2) is 4.39 Å². The van der Waals surface area contributed by atoms with Crippen LogP contribution in [0, 0.1) is 5.82 Å². The van der Waals surface area contributed by atoms with Crippen LogP contribution < -0.4 is 4.74 Å². The third-order valence-corrected chi connectivity index (χ3v) is 3.69. The minimum absolute atomic E-state index is 0.214. The molecule has 0 bridgehead atoms. The molecule has 0 atom stereocenters. The normalized spacial score (nSPS) is 10.5. The van der Waals surface area contributed by atoms with Crippen molar-refractivity contribution in [2.75, 3.05) is 7.11 Å². The molecule has 3 aromatic carbocycles. The first-order chi connectivity index (χ1) is 10.8. The van der Waals surface area contributed by atoms with E-state index in [1.165, 1.54) is 17.7 Å². The van der Waals surface area contributed by atoms with Crippen molar-refractivity contribution in [2.24, 2.45) is 0 Å². The van der Waals surface area contributed by atoms with Crippen LogP contribution in [0.4, 0.5) is 4.39 Å². The SMILES string of the molecule is COc1ccccc1Cc1cccc(-c2ccc(F)cc2)c1. The van der Waals surface area contributed by atoms with Gasteiger partial charge in [-0.3, -0.25) is 0 Å². The highest BCUT2D eigenvalue weighted by Gasteiger charge is 2.05. The molecule has 0 aliphatic heterocycles. The summed E-state index contributed by atoms with van der Waals surface area (Å²) in [6.45, 7) is 0. The second-order valence-corrected chi connectivity index (χ2v) is 5.20. The van der Waals surface area contributed by atoms with Gasteiger partial charge in [-0.15, -0.1) is 0 Å². The van der Waals surface area contributed by atoms with Crippen molar-refractivity contribution < 1.29 is 9.13 Å². The first-order valence-electron chi connectivity index (χ1n) is 7.23. The number of benzene rings is 3. The zero-order valence-corrected chi connectivity index (χ0v) is 12.4. The van der Waals surface area contributed by atoms with E-state index in [1.54, 1.807) is 19.2 Å². The molecule has 0 aliphatic carbocycles. The predicted molar refractivity (Wildman–Crippen MR) is 87.6 cm³/mol. The zero-order chi connectivity index (χ0) is 15.4. The fraction of sp³-hybridized carbons (Fsp3) is 0.100. The highest BCUT2D eigenvalue weighted by molar-refractivity contribution is 5.64. The van der Waals surface area contributed by atoms with Gasteiger partial charge in [-0.2, -0.15) is 0 Å². The van der Waals surface area contributed by atoms with Gasteiger partial charge in [0, 0.05) is 6.42 Å². The van der Waals surface area contributed by atoms with E-state index in [2.05, 4.69) is 18.2 Å². The molecule has 3 rings (SSSR count). The van der Waals surface area contributed by atoms with Gasteiger partial charge in [0.1, 0.15) is 11.6 Å². The summed E-state index contributed by atoms with van der Waals surface area (Å²) in [6.07, 6.45) is 0.805. The molecule has 2 heteroatoms. The summed E-state index contributed by atoms with van der Waals surface area (Å²) in [4.78, 5) is 0. The Hall–Kier alpha value is -2.61. The molecule has 0 unspecified atom stereocenters. The number of hydrogen-bond donors (Lipinski definition) is 0. The molecule has 110 valence electrons. The van der Waals surface area contributed by atoms with Gasteiger partial charge >= 0.3 is 0 Å².